The molecule has 0 fully saturated rings. The second kappa shape index (κ2) is 8.39. The highest BCUT2D eigenvalue weighted by Gasteiger charge is 2.35. The highest BCUT2D eigenvalue weighted by molar-refractivity contribution is 9.10. The Bertz CT molecular complexity index is 518. The molecule has 0 spiro atoms. The fourth-order valence-electron chi connectivity index (χ4n) is 1.82. The van der Waals surface area contributed by atoms with Gasteiger partial charge in [-0.05, 0) is 38.0 Å². The molecule has 0 aliphatic heterocycles. The largest absolute Gasteiger partial charge is 0.465 e. The summed E-state index contributed by atoms with van der Waals surface area (Å²) in [5, 5.41) is 0.533. The van der Waals surface area contributed by atoms with Gasteiger partial charge in [-0.15, -0.1) is 0 Å². The molecule has 0 amide bonds. The summed E-state index contributed by atoms with van der Waals surface area (Å²) in [6.45, 7) is 5.76. The molecule has 0 saturated carbocycles. The minimum Gasteiger partial charge on any atom is -0.465 e. The minimum atomic E-state index is -0.824. The number of halogens is 2. The van der Waals surface area contributed by atoms with Gasteiger partial charge in [0, 0.05) is 5.02 Å². The van der Waals surface area contributed by atoms with E-state index in [2.05, 4.69) is 15.9 Å². The van der Waals surface area contributed by atoms with Gasteiger partial charge in [-0.1, -0.05) is 39.7 Å². The van der Waals surface area contributed by atoms with E-state index in [4.69, 9.17) is 21.1 Å². The van der Waals surface area contributed by atoms with E-state index in [0.717, 1.165) is 5.56 Å². The molecule has 21 heavy (non-hydrogen) atoms. The smallest absolute Gasteiger partial charge is 0.320 e. The number of ether oxygens (including phenoxy) is 2. The van der Waals surface area contributed by atoms with Crippen molar-refractivity contribution in [3.8, 4) is 0 Å². The number of hydrogen-bond donors (Lipinski definition) is 0. The predicted octanol–water partition coefficient (Wildman–Crippen LogP) is 3.62. The average molecular weight is 378 g/mol. The third-order valence-corrected chi connectivity index (χ3v) is 4.21. The van der Waals surface area contributed by atoms with Crippen molar-refractivity contribution in [2.24, 2.45) is 0 Å². The summed E-state index contributed by atoms with van der Waals surface area (Å²) in [6, 6.07) is 5.23. The molecule has 0 aliphatic rings. The van der Waals surface area contributed by atoms with Crippen molar-refractivity contribution >= 4 is 39.5 Å². The van der Waals surface area contributed by atoms with E-state index < -0.39 is 22.7 Å². The second-order valence-corrected chi connectivity index (χ2v) is 5.79. The molecule has 0 heterocycles. The summed E-state index contributed by atoms with van der Waals surface area (Å²) in [5.41, 5.74) is 1.50. The van der Waals surface area contributed by atoms with Crippen LogP contribution in [0.1, 0.15) is 30.9 Å². The number of hydrogen-bond acceptors (Lipinski definition) is 4. The summed E-state index contributed by atoms with van der Waals surface area (Å²) < 4.78 is 10.0. The monoisotopic (exact) mass is 376 g/mol. The van der Waals surface area contributed by atoms with E-state index >= 15 is 0 Å². The minimum absolute atomic E-state index is 0.234. The maximum atomic E-state index is 12.2. The molecule has 4 nitrogen and oxygen atoms in total. The molecule has 0 unspecified atom stereocenters. The van der Waals surface area contributed by atoms with Crippen LogP contribution in [0.3, 0.4) is 0 Å². The van der Waals surface area contributed by atoms with Gasteiger partial charge in [0.15, 0.2) is 0 Å². The molecule has 0 radical (unpaired) electrons. The Hall–Kier alpha value is -1.07. The first kappa shape index (κ1) is 18.0. The molecular weight excluding hydrogens is 360 g/mol. The molecule has 0 aromatic heterocycles. The first-order chi connectivity index (χ1) is 9.92. The Balaban J connectivity index is 3.15. The zero-order chi connectivity index (χ0) is 16.0. The average Bonchev–Trinajstić information content (AvgIpc) is 2.43. The van der Waals surface area contributed by atoms with E-state index in [9.17, 15) is 9.59 Å². The fourth-order valence-corrected chi connectivity index (χ4v) is 2.66. The summed E-state index contributed by atoms with van der Waals surface area (Å²) in [7, 11) is 0. The van der Waals surface area contributed by atoms with Crippen molar-refractivity contribution in [1.29, 1.82) is 0 Å². The number of carbonyl (C=O) groups excluding carboxylic acids is 2. The molecule has 2 atom stereocenters. The van der Waals surface area contributed by atoms with Crippen molar-refractivity contribution in [3.63, 3.8) is 0 Å². The van der Waals surface area contributed by atoms with Gasteiger partial charge in [-0.3, -0.25) is 9.59 Å². The highest BCUT2D eigenvalue weighted by atomic mass is 79.9. The van der Waals surface area contributed by atoms with Crippen LogP contribution < -0.4 is 0 Å². The summed E-state index contributed by atoms with van der Waals surface area (Å²) in [5.74, 6) is -1.80. The molecule has 1 rings (SSSR count). The molecule has 0 N–H and O–H groups in total. The number of carbonyl (C=O) groups is 2. The lowest BCUT2D eigenvalue weighted by Crippen LogP contribution is -2.31. The van der Waals surface area contributed by atoms with Crippen molar-refractivity contribution < 1.29 is 19.1 Å². The van der Waals surface area contributed by atoms with Crippen LogP contribution >= 0.6 is 27.5 Å². The molecular formula is C15H18BrClO4. The van der Waals surface area contributed by atoms with E-state index in [1.807, 2.05) is 6.92 Å². The van der Waals surface area contributed by atoms with E-state index in [-0.39, 0.29) is 13.2 Å². The molecule has 0 saturated heterocycles. The molecule has 0 aliphatic carbocycles. The third-order valence-electron chi connectivity index (χ3n) is 2.90. The number of benzene rings is 1. The number of alkyl halides is 1. The topological polar surface area (TPSA) is 52.6 Å². The molecule has 1 aromatic rings. The molecule has 1 aromatic carbocycles. The normalized spacial score (nSPS) is 13.4. The standard InChI is InChI=1S/C15H18BrClO4/c1-4-20-14(18)12(13(16)15(19)21-5-2)10-7-6-9(3)11(17)8-10/h6-8,12-13H,4-5H2,1-3H3/t12-,13-/m1/s1. The van der Waals surface area contributed by atoms with Crippen LogP contribution in [-0.2, 0) is 19.1 Å². The highest BCUT2D eigenvalue weighted by Crippen LogP contribution is 2.30. The van der Waals surface area contributed by atoms with Crippen molar-refractivity contribution in [3.05, 3.63) is 34.3 Å². The Morgan fingerprint density at radius 3 is 2.29 bits per heavy atom. The van der Waals surface area contributed by atoms with Crippen LogP contribution in [0.2, 0.25) is 5.02 Å². The van der Waals surface area contributed by atoms with Crippen LogP contribution in [0.25, 0.3) is 0 Å². The lowest BCUT2D eigenvalue weighted by molar-refractivity contribution is -0.150. The van der Waals surface area contributed by atoms with Gasteiger partial charge < -0.3 is 9.47 Å². The first-order valence-corrected chi connectivity index (χ1v) is 7.95. The second-order valence-electron chi connectivity index (χ2n) is 4.39. The molecule has 116 valence electrons. The quantitative estimate of drug-likeness (QED) is 0.561. The number of rotatable bonds is 6. The summed E-state index contributed by atoms with van der Waals surface area (Å²) in [4.78, 5) is 23.3. The van der Waals surface area contributed by atoms with Crippen molar-refractivity contribution in [1.82, 2.24) is 0 Å². The van der Waals surface area contributed by atoms with Crippen LogP contribution in [0.15, 0.2) is 18.2 Å². The Morgan fingerprint density at radius 1 is 1.19 bits per heavy atom. The van der Waals surface area contributed by atoms with E-state index in [1.54, 1.807) is 32.0 Å². The van der Waals surface area contributed by atoms with Gasteiger partial charge in [0.2, 0.25) is 0 Å². The zero-order valence-corrected chi connectivity index (χ0v) is 14.5. The van der Waals surface area contributed by atoms with Gasteiger partial charge in [0.05, 0.1) is 13.2 Å². The van der Waals surface area contributed by atoms with E-state index in [1.165, 1.54) is 0 Å². The predicted molar refractivity (Wildman–Crippen MR) is 84.9 cm³/mol. The summed E-state index contributed by atoms with van der Waals surface area (Å²) >= 11 is 9.34. The maximum absolute atomic E-state index is 12.2. The van der Waals surface area contributed by atoms with Crippen molar-refractivity contribution in [2.45, 2.75) is 31.5 Å². The van der Waals surface area contributed by atoms with Gasteiger partial charge >= 0.3 is 11.9 Å². The fraction of sp³-hybridized carbons (Fsp3) is 0.467. The molecule has 6 heteroatoms. The van der Waals surface area contributed by atoms with Gasteiger partial charge in [0.25, 0.3) is 0 Å². The Morgan fingerprint density at radius 2 is 1.76 bits per heavy atom. The number of esters is 2. The lowest BCUT2D eigenvalue weighted by Gasteiger charge is -2.20. The lowest BCUT2D eigenvalue weighted by atomic mass is 9.95. The SMILES string of the molecule is CCOC(=O)[C@H](c1ccc(C)c(Cl)c1)[C@@H](Br)C(=O)OCC. The maximum Gasteiger partial charge on any atom is 0.320 e. The van der Waals surface area contributed by atoms with Gasteiger partial charge in [-0.2, -0.15) is 0 Å². The van der Waals surface area contributed by atoms with Crippen LogP contribution in [-0.4, -0.2) is 30.0 Å². The van der Waals surface area contributed by atoms with Gasteiger partial charge in [0.1, 0.15) is 10.7 Å². The van der Waals surface area contributed by atoms with Gasteiger partial charge in [-0.25, -0.2) is 0 Å². The molecule has 0 bridgehead atoms. The zero-order valence-electron chi connectivity index (χ0n) is 12.2. The summed E-state index contributed by atoms with van der Waals surface area (Å²) in [6.07, 6.45) is 0. The van der Waals surface area contributed by atoms with Crippen LogP contribution in [0.4, 0.5) is 0 Å². The van der Waals surface area contributed by atoms with Crippen LogP contribution in [0, 0.1) is 6.92 Å². The van der Waals surface area contributed by atoms with Crippen molar-refractivity contribution in [2.75, 3.05) is 13.2 Å². The third kappa shape index (κ3) is 4.71. The Labute approximate surface area is 137 Å². The van der Waals surface area contributed by atoms with E-state index in [0.29, 0.717) is 10.6 Å². The number of aryl methyl sites for hydroxylation is 1. The van der Waals surface area contributed by atoms with Crippen LogP contribution in [0.5, 0.6) is 0 Å². The first-order valence-electron chi connectivity index (χ1n) is 6.65. The Kier molecular flexibility index (Phi) is 7.18.